The zero-order chi connectivity index (χ0) is 16.9. The highest BCUT2D eigenvalue weighted by Crippen LogP contribution is 2.09. The predicted octanol–water partition coefficient (Wildman–Crippen LogP) is 1.30. The number of aryl methyl sites for hydroxylation is 1. The number of nitrogens with zero attached hydrogens (tertiary/aromatic N) is 2. The summed E-state index contributed by atoms with van der Waals surface area (Å²) in [4.78, 5) is 4.74. The van der Waals surface area contributed by atoms with Gasteiger partial charge in [-0.25, -0.2) is 13.1 Å². The zero-order valence-corrected chi connectivity index (χ0v) is 15.3. The van der Waals surface area contributed by atoms with Gasteiger partial charge in [-0.3, -0.25) is 0 Å². The summed E-state index contributed by atoms with van der Waals surface area (Å²) in [5.74, 6) is 0.362. The first kappa shape index (κ1) is 18.4. The molecule has 1 aromatic carbocycles. The van der Waals surface area contributed by atoms with Gasteiger partial charge in [0.25, 0.3) is 0 Å². The van der Waals surface area contributed by atoms with Crippen LogP contribution in [0.3, 0.4) is 0 Å². The molecule has 0 aromatic heterocycles. The maximum absolute atomic E-state index is 12.2. The molecule has 2 rings (SSSR count). The van der Waals surface area contributed by atoms with Gasteiger partial charge in [0.1, 0.15) is 0 Å². The summed E-state index contributed by atoms with van der Waals surface area (Å²) >= 11 is 0. The van der Waals surface area contributed by atoms with Crippen LogP contribution in [0.1, 0.15) is 18.1 Å². The minimum absolute atomic E-state index is 0.0515. The third kappa shape index (κ3) is 6.59. The molecular formula is C17H29N3O2S. The van der Waals surface area contributed by atoms with Crippen LogP contribution in [0, 0.1) is 12.8 Å². The number of piperazine rings is 1. The van der Waals surface area contributed by atoms with E-state index in [1.807, 2.05) is 31.2 Å². The smallest absolute Gasteiger partial charge is 0.215 e. The standard InChI is InChI=1S/C17H29N3O2S/c1-15-5-4-6-17(11-15)14-23(21,22)18-12-16(2)13-20-9-7-19(3)8-10-20/h4-6,11,16,18H,7-10,12-14H2,1-3H3. The second-order valence-corrected chi connectivity index (χ2v) is 8.61. The molecule has 0 bridgehead atoms. The molecule has 1 aromatic rings. The van der Waals surface area contributed by atoms with E-state index in [1.165, 1.54) is 0 Å². The molecule has 0 aliphatic carbocycles. The molecule has 1 aliphatic heterocycles. The molecule has 130 valence electrons. The van der Waals surface area contributed by atoms with Gasteiger partial charge in [0, 0.05) is 39.3 Å². The van der Waals surface area contributed by atoms with Crippen LogP contribution >= 0.6 is 0 Å². The van der Waals surface area contributed by atoms with Crippen molar-refractivity contribution in [2.24, 2.45) is 5.92 Å². The summed E-state index contributed by atoms with van der Waals surface area (Å²) in [5.41, 5.74) is 1.92. The fraction of sp³-hybridized carbons (Fsp3) is 0.647. The minimum Gasteiger partial charge on any atom is -0.304 e. The predicted molar refractivity (Wildman–Crippen MR) is 94.9 cm³/mol. The summed E-state index contributed by atoms with van der Waals surface area (Å²) in [7, 11) is -1.13. The SMILES string of the molecule is Cc1cccc(CS(=O)(=O)NCC(C)CN2CCN(C)CC2)c1. The monoisotopic (exact) mass is 339 g/mol. The largest absolute Gasteiger partial charge is 0.304 e. The highest BCUT2D eigenvalue weighted by atomic mass is 32.2. The van der Waals surface area contributed by atoms with E-state index in [1.54, 1.807) is 0 Å². The minimum atomic E-state index is -3.27. The quantitative estimate of drug-likeness (QED) is 0.813. The molecule has 1 N–H and O–H groups in total. The Labute approximate surface area is 140 Å². The van der Waals surface area contributed by atoms with Crippen LogP contribution in [0.4, 0.5) is 0 Å². The van der Waals surface area contributed by atoms with Crippen molar-refractivity contribution >= 4 is 10.0 Å². The van der Waals surface area contributed by atoms with Crippen LogP contribution in [0.2, 0.25) is 0 Å². The van der Waals surface area contributed by atoms with Crippen molar-refractivity contribution in [3.8, 4) is 0 Å². The molecule has 0 amide bonds. The number of hydrogen-bond donors (Lipinski definition) is 1. The number of nitrogens with one attached hydrogen (secondary N) is 1. The Hall–Kier alpha value is -0.950. The van der Waals surface area contributed by atoms with Gasteiger partial charge in [0.2, 0.25) is 10.0 Å². The van der Waals surface area contributed by atoms with Crippen LogP contribution in [0.25, 0.3) is 0 Å². The molecule has 1 heterocycles. The molecule has 6 heteroatoms. The third-order valence-electron chi connectivity index (χ3n) is 4.26. The lowest BCUT2D eigenvalue weighted by atomic mass is 10.1. The Morgan fingerprint density at radius 3 is 2.57 bits per heavy atom. The first-order valence-electron chi connectivity index (χ1n) is 8.28. The van der Waals surface area contributed by atoms with E-state index in [9.17, 15) is 8.42 Å². The van der Waals surface area contributed by atoms with Crippen molar-refractivity contribution < 1.29 is 8.42 Å². The van der Waals surface area contributed by atoms with E-state index in [0.717, 1.165) is 43.9 Å². The van der Waals surface area contributed by atoms with Gasteiger partial charge in [-0.15, -0.1) is 0 Å². The van der Waals surface area contributed by atoms with Gasteiger partial charge >= 0.3 is 0 Å². The maximum Gasteiger partial charge on any atom is 0.215 e. The number of rotatable bonds is 7. The normalized spacial score (nSPS) is 18.9. The van der Waals surface area contributed by atoms with Gasteiger partial charge in [-0.2, -0.15) is 0 Å². The average Bonchev–Trinajstić information content (AvgIpc) is 2.47. The lowest BCUT2D eigenvalue weighted by Gasteiger charge is -2.33. The van der Waals surface area contributed by atoms with Gasteiger partial charge in [-0.1, -0.05) is 36.8 Å². The first-order valence-corrected chi connectivity index (χ1v) is 9.93. The lowest BCUT2D eigenvalue weighted by molar-refractivity contribution is 0.139. The molecule has 23 heavy (non-hydrogen) atoms. The van der Waals surface area contributed by atoms with Gasteiger partial charge in [0.05, 0.1) is 5.75 Å². The summed E-state index contributed by atoms with van der Waals surface area (Å²) in [6.07, 6.45) is 0. The molecule has 0 spiro atoms. The van der Waals surface area contributed by atoms with Gasteiger partial charge in [-0.05, 0) is 25.5 Å². The van der Waals surface area contributed by atoms with Crippen LogP contribution in [0.15, 0.2) is 24.3 Å². The Morgan fingerprint density at radius 2 is 1.91 bits per heavy atom. The van der Waals surface area contributed by atoms with E-state index in [2.05, 4.69) is 28.5 Å². The number of sulfonamides is 1. The van der Waals surface area contributed by atoms with Crippen molar-refractivity contribution in [2.75, 3.05) is 46.3 Å². The van der Waals surface area contributed by atoms with Gasteiger partial charge < -0.3 is 9.80 Å². The molecule has 1 atom stereocenters. The fourth-order valence-corrected chi connectivity index (χ4v) is 4.14. The first-order chi connectivity index (χ1) is 10.8. The third-order valence-corrected chi connectivity index (χ3v) is 5.58. The molecular weight excluding hydrogens is 310 g/mol. The molecule has 1 aliphatic rings. The summed E-state index contributed by atoms with van der Waals surface area (Å²) in [6.45, 7) is 9.84. The molecule has 1 saturated heterocycles. The molecule has 5 nitrogen and oxygen atoms in total. The van der Waals surface area contributed by atoms with Crippen LogP contribution < -0.4 is 4.72 Å². The van der Waals surface area contributed by atoms with Crippen LogP contribution in [-0.4, -0.2) is 64.5 Å². The Morgan fingerprint density at radius 1 is 1.22 bits per heavy atom. The number of likely N-dealkylation sites (N-methyl/N-ethyl adjacent to an activating group) is 1. The van der Waals surface area contributed by atoms with E-state index in [0.29, 0.717) is 12.5 Å². The van der Waals surface area contributed by atoms with E-state index < -0.39 is 10.0 Å². The average molecular weight is 340 g/mol. The van der Waals surface area contributed by atoms with E-state index >= 15 is 0 Å². The second-order valence-electron chi connectivity index (χ2n) is 6.81. The van der Waals surface area contributed by atoms with Crippen molar-refractivity contribution in [2.45, 2.75) is 19.6 Å². The topological polar surface area (TPSA) is 52.7 Å². The Balaban J connectivity index is 1.77. The van der Waals surface area contributed by atoms with Crippen molar-refractivity contribution in [1.29, 1.82) is 0 Å². The van der Waals surface area contributed by atoms with Crippen molar-refractivity contribution in [1.82, 2.24) is 14.5 Å². The number of hydrogen-bond acceptors (Lipinski definition) is 4. The van der Waals surface area contributed by atoms with Gasteiger partial charge in [0.15, 0.2) is 0 Å². The van der Waals surface area contributed by atoms with E-state index in [4.69, 9.17) is 0 Å². The molecule has 1 fully saturated rings. The molecule has 1 unspecified atom stereocenters. The van der Waals surface area contributed by atoms with E-state index in [-0.39, 0.29) is 5.75 Å². The number of benzene rings is 1. The summed E-state index contributed by atoms with van der Waals surface area (Å²) in [6, 6.07) is 7.66. The molecule has 0 radical (unpaired) electrons. The maximum atomic E-state index is 12.2. The van der Waals surface area contributed by atoms with Crippen molar-refractivity contribution in [3.63, 3.8) is 0 Å². The fourth-order valence-electron chi connectivity index (χ4n) is 2.88. The van der Waals surface area contributed by atoms with Crippen LogP contribution in [0.5, 0.6) is 0 Å². The Kier molecular flexibility index (Phi) is 6.59. The van der Waals surface area contributed by atoms with Crippen molar-refractivity contribution in [3.05, 3.63) is 35.4 Å². The highest BCUT2D eigenvalue weighted by molar-refractivity contribution is 7.88. The Bertz CT molecular complexity index is 596. The zero-order valence-electron chi connectivity index (χ0n) is 14.5. The summed E-state index contributed by atoms with van der Waals surface area (Å²) < 4.78 is 27.2. The second kappa shape index (κ2) is 8.24. The van der Waals surface area contributed by atoms with Crippen LogP contribution in [-0.2, 0) is 15.8 Å². The lowest BCUT2D eigenvalue weighted by Crippen LogP contribution is -2.46. The molecule has 0 saturated carbocycles. The summed E-state index contributed by atoms with van der Waals surface area (Å²) in [5, 5.41) is 0. The highest BCUT2D eigenvalue weighted by Gasteiger charge is 2.18.